The van der Waals surface area contributed by atoms with Gasteiger partial charge in [-0.15, -0.1) is 5.10 Å². The molecule has 1 atom stereocenters. The average Bonchev–Trinajstić information content (AvgIpc) is 3.52. The Kier molecular flexibility index (Phi) is 4.03. The van der Waals surface area contributed by atoms with E-state index in [9.17, 15) is 0 Å². The first-order valence-corrected chi connectivity index (χ1v) is 10.4. The summed E-state index contributed by atoms with van der Waals surface area (Å²) in [6.07, 6.45) is 7.01. The molecule has 1 N–H and O–H groups in total. The van der Waals surface area contributed by atoms with Crippen LogP contribution in [-0.2, 0) is 7.05 Å². The molecule has 1 aliphatic rings. The Labute approximate surface area is 178 Å². The SMILES string of the molecule is CN1CC[C@H](n2cc(Nc3nc4cccc(-c5ccc6nn(C)cc6c5)n4n3)cn2)C1. The van der Waals surface area contributed by atoms with Crippen LogP contribution in [0.15, 0.2) is 55.0 Å². The summed E-state index contributed by atoms with van der Waals surface area (Å²) in [5.41, 5.74) is 4.71. The maximum atomic E-state index is 4.72. The Balaban J connectivity index is 1.31. The highest BCUT2D eigenvalue weighted by molar-refractivity contribution is 5.83. The van der Waals surface area contributed by atoms with Gasteiger partial charge < -0.3 is 10.2 Å². The number of anilines is 2. The first kappa shape index (κ1) is 18.1. The molecule has 0 unspecified atom stereocenters. The molecule has 1 saturated heterocycles. The van der Waals surface area contributed by atoms with Crippen LogP contribution in [0.1, 0.15) is 12.5 Å². The number of nitrogens with zero attached hydrogens (tertiary/aromatic N) is 8. The number of hydrogen-bond acceptors (Lipinski definition) is 6. The van der Waals surface area contributed by atoms with Crippen molar-refractivity contribution >= 4 is 28.2 Å². The van der Waals surface area contributed by atoms with Gasteiger partial charge in [-0.1, -0.05) is 12.1 Å². The Morgan fingerprint density at radius 1 is 1.06 bits per heavy atom. The summed E-state index contributed by atoms with van der Waals surface area (Å²) in [5, 5.41) is 18.1. The molecule has 0 amide bonds. The van der Waals surface area contributed by atoms with Crippen molar-refractivity contribution in [1.29, 1.82) is 0 Å². The Morgan fingerprint density at radius 2 is 2.00 bits per heavy atom. The molecule has 9 nitrogen and oxygen atoms in total. The Hall–Kier alpha value is -3.72. The molecule has 1 aliphatic heterocycles. The minimum Gasteiger partial charge on any atom is -0.320 e. The minimum absolute atomic E-state index is 0.420. The van der Waals surface area contributed by atoms with Crippen LogP contribution in [0.4, 0.5) is 11.6 Å². The van der Waals surface area contributed by atoms with Gasteiger partial charge in [0.05, 0.1) is 29.1 Å². The maximum Gasteiger partial charge on any atom is 0.247 e. The lowest BCUT2D eigenvalue weighted by molar-refractivity contribution is 0.382. The van der Waals surface area contributed by atoms with Gasteiger partial charge in [-0.2, -0.15) is 15.2 Å². The molecular formula is C22H23N9. The van der Waals surface area contributed by atoms with Gasteiger partial charge in [0, 0.05) is 36.9 Å². The van der Waals surface area contributed by atoms with E-state index in [0.717, 1.165) is 53.0 Å². The fourth-order valence-corrected chi connectivity index (χ4v) is 4.34. The summed E-state index contributed by atoms with van der Waals surface area (Å²) in [5.74, 6) is 0.554. The summed E-state index contributed by atoms with van der Waals surface area (Å²) in [6.45, 7) is 2.13. The van der Waals surface area contributed by atoms with Crippen LogP contribution in [0.25, 0.3) is 27.8 Å². The molecule has 156 valence electrons. The van der Waals surface area contributed by atoms with Crippen molar-refractivity contribution in [2.75, 3.05) is 25.5 Å². The van der Waals surface area contributed by atoms with E-state index in [1.54, 1.807) is 0 Å². The van der Waals surface area contributed by atoms with E-state index in [1.807, 2.05) is 57.7 Å². The fourth-order valence-electron chi connectivity index (χ4n) is 4.34. The lowest BCUT2D eigenvalue weighted by Gasteiger charge is -2.10. The van der Waals surface area contributed by atoms with Gasteiger partial charge in [-0.05, 0) is 44.3 Å². The minimum atomic E-state index is 0.420. The monoisotopic (exact) mass is 413 g/mol. The quantitative estimate of drug-likeness (QED) is 0.488. The lowest BCUT2D eigenvalue weighted by Crippen LogP contribution is -2.16. The third-order valence-electron chi connectivity index (χ3n) is 5.87. The van der Waals surface area contributed by atoms with Crippen molar-refractivity contribution in [2.24, 2.45) is 7.05 Å². The summed E-state index contributed by atoms with van der Waals surface area (Å²) in [4.78, 5) is 6.99. The van der Waals surface area contributed by atoms with Gasteiger partial charge in [0.15, 0.2) is 5.65 Å². The van der Waals surface area contributed by atoms with E-state index in [0.29, 0.717) is 12.0 Å². The normalized spacial score (nSPS) is 17.2. The van der Waals surface area contributed by atoms with Crippen LogP contribution in [0.3, 0.4) is 0 Å². The van der Waals surface area contributed by atoms with Crippen molar-refractivity contribution in [3.63, 3.8) is 0 Å². The molecule has 1 fully saturated rings. The van der Waals surface area contributed by atoms with E-state index in [4.69, 9.17) is 5.10 Å². The van der Waals surface area contributed by atoms with Crippen molar-refractivity contribution in [1.82, 2.24) is 39.1 Å². The first-order valence-electron chi connectivity index (χ1n) is 10.4. The summed E-state index contributed by atoms with van der Waals surface area (Å²) in [7, 11) is 4.08. The number of aryl methyl sites for hydroxylation is 1. The zero-order chi connectivity index (χ0) is 20.9. The number of aromatic nitrogens is 7. The molecule has 4 aromatic heterocycles. The van der Waals surface area contributed by atoms with E-state index < -0.39 is 0 Å². The zero-order valence-corrected chi connectivity index (χ0v) is 17.5. The predicted molar refractivity (Wildman–Crippen MR) is 119 cm³/mol. The number of nitrogens with one attached hydrogen (secondary N) is 1. The molecule has 31 heavy (non-hydrogen) atoms. The van der Waals surface area contributed by atoms with Crippen molar-refractivity contribution in [2.45, 2.75) is 12.5 Å². The number of likely N-dealkylation sites (tertiary alicyclic amines) is 1. The van der Waals surface area contributed by atoms with Gasteiger partial charge in [0.1, 0.15) is 0 Å². The molecule has 5 aromatic rings. The van der Waals surface area contributed by atoms with E-state index >= 15 is 0 Å². The topological polar surface area (TPSA) is 81.1 Å². The summed E-state index contributed by atoms with van der Waals surface area (Å²) >= 11 is 0. The number of hydrogen-bond donors (Lipinski definition) is 1. The van der Waals surface area contributed by atoms with Crippen molar-refractivity contribution in [3.8, 4) is 11.3 Å². The van der Waals surface area contributed by atoms with Crippen molar-refractivity contribution in [3.05, 3.63) is 55.0 Å². The number of benzene rings is 1. The summed E-state index contributed by atoms with van der Waals surface area (Å²) < 4.78 is 5.74. The third-order valence-corrected chi connectivity index (χ3v) is 5.87. The van der Waals surface area contributed by atoms with Gasteiger partial charge in [0.2, 0.25) is 5.95 Å². The zero-order valence-electron chi connectivity index (χ0n) is 17.5. The van der Waals surface area contributed by atoms with Gasteiger partial charge >= 0.3 is 0 Å². The maximum absolute atomic E-state index is 4.72. The molecule has 1 aromatic carbocycles. The van der Waals surface area contributed by atoms with Crippen LogP contribution in [-0.4, -0.2) is 59.2 Å². The summed E-state index contributed by atoms with van der Waals surface area (Å²) in [6, 6.07) is 12.7. The van der Waals surface area contributed by atoms with Crippen LogP contribution >= 0.6 is 0 Å². The second-order valence-electron chi connectivity index (χ2n) is 8.23. The second-order valence-corrected chi connectivity index (χ2v) is 8.23. The first-order chi connectivity index (χ1) is 15.1. The lowest BCUT2D eigenvalue weighted by atomic mass is 10.1. The molecule has 6 rings (SSSR count). The van der Waals surface area contributed by atoms with Crippen LogP contribution in [0.2, 0.25) is 0 Å². The molecule has 0 saturated carbocycles. The van der Waals surface area contributed by atoms with Gasteiger partial charge in [0.25, 0.3) is 0 Å². The van der Waals surface area contributed by atoms with E-state index in [-0.39, 0.29) is 0 Å². The number of rotatable bonds is 4. The molecule has 5 heterocycles. The van der Waals surface area contributed by atoms with Gasteiger partial charge in [-0.25, -0.2) is 4.52 Å². The van der Waals surface area contributed by atoms with E-state index in [2.05, 4.69) is 50.6 Å². The standard InChI is InChI=1S/C22H23N9/c1-28-9-8-18(14-28)30-13-17(11-23-30)24-22-25-21-5-3-4-20(31(21)27-22)15-6-7-19-16(10-15)12-29(2)26-19/h3-7,10-13,18H,8-9,14H2,1-2H3,(H,24,27)/t18-/m0/s1. The van der Waals surface area contributed by atoms with Crippen LogP contribution in [0.5, 0.6) is 0 Å². The molecule has 0 bridgehead atoms. The molecule has 0 radical (unpaired) electrons. The molecule has 0 aliphatic carbocycles. The molecule has 9 heteroatoms. The molecule has 0 spiro atoms. The largest absolute Gasteiger partial charge is 0.320 e. The highest BCUT2D eigenvalue weighted by Crippen LogP contribution is 2.26. The number of likely N-dealkylation sites (N-methyl/N-ethyl adjacent to an activating group) is 1. The molecular weight excluding hydrogens is 390 g/mol. The average molecular weight is 413 g/mol. The van der Waals surface area contributed by atoms with Crippen LogP contribution < -0.4 is 5.32 Å². The Bertz CT molecular complexity index is 1390. The predicted octanol–water partition coefficient (Wildman–Crippen LogP) is 3.10. The smallest absolute Gasteiger partial charge is 0.247 e. The van der Waals surface area contributed by atoms with E-state index in [1.165, 1.54) is 0 Å². The highest BCUT2D eigenvalue weighted by Gasteiger charge is 2.21. The van der Waals surface area contributed by atoms with Crippen molar-refractivity contribution < 1.29 is 0 Å². The fraction of sp³-hybridized carbons (Fsp3) is 0.273. The number of fused-ring (bicyclic) bond motifs is 2. The Morgan fingerprint density at radius 3 is 2.87 bits per heavy atom. The van der Waals surface area contributed by atoms with Gasteiger partial charge in [-0.3, -0.25) is 9.36 Å². The number of pyridine rings is 1. The second kappa shape index (κ2) is 6.92. The highest BCUT2D eigenvalue weighted by atomic mass is 15.4. The van der Waals surface area contributed by atoms with Crippen LogP contribution in [0, 0.1) is 0 Å². The third kappa shape index (κ3) is 3.23.